The Hall–Kier alpha value is -1.31. The molecule has 1 aromatic rings. The molecule has 0 saturated carbocycles. The van der Waals surface area contributed by atoms with Crippen LogP contribution in [-0.2, 0) is 0 Å². The second-order valence-corrected chi connectivity index (χ2v) is 2.88. The normalized spacial score (nSPS) is 9.00. The average Bonchev–Trinajstić information content (AvgIpc) is 2.15. The number of aliphatic imine (C=N–C) groups is 1. The Balaban J connectivity index is 2.77. The quantitative estimate of drug-likeness (QED) is 0.416. The highest BCUT2D eigenvalue weighted by atomic mass is 32.1. The van der Waals surface area contributed by atoms with Gasteiger partial charge in [0.25, 0.3) is 0 Å². The van der Waals surface area contributed by atoms with Gasteiger partial charge in [-0.2, -0.15) is 0 Å². The minimum atomic E-state index is -0.0302. The molecule has 3 heteroatoms. The molecule has 13 heavy (non-hydrogen) atoms. The van der Waals surface area contributed by atoms with E-state index in [1.807, 2.05) is 19.1 Å². The third-order valence-electron chi connectivity index (χ3n) is 1.66. The predicted octanol–water partition coefficient (Wildman–Crippen LogP) is 2.28. The maximum Gasteiger partial charge on any atom is 0.185 e. The summed E-state index contributed by atoms with van der Waals surface area (Å²) in [6, 6.07) is 7.37. The maximum absolute atomic E-state index is 11.3. The summed E-state index contributed by atoms with van der Waals surface area (Å²) in [7, 11) is 0. The number of hydrogen-bond acceptors (Lipinski definition) is 3. The number of carbonyl (C=O) groups excluding carboxylic acids is 1. The van der Waals surface area contributed by atoms with Crippen molar-refractivity contribution in [2.45, 2.75) is 6.92 Å². The number of nitrogens with zero attached hydrogens (tertiary/aromatic N) is 1. The van der Waals surface area contributed by atoms with Gasteiger partial charge in [0, 0.05) is 5.56 Å². The van der Waals surface area contributed by atoms with Crippen LogP contribution in [0.3, 0.4) is 0 Å². The van der Waals surface area contributed by atoms with Crippen LogP contribution in [0.15, 0.2) is 29.3 Å². The molecule has 0 fully saturated rings. The van der Waals surface area contributed by atoms with E-state index in [0.717, 1.165) is 5.56 Å². The lowest BCUT2D eigenvalue weighted by Crippen LogP contribution is -2.02. The molecular weight excluding hydrogens is 182 g/mol. The second-order valence-electron chi connectivity index (χ2n) is 2.70. The highest BCUT2D eigenvalue weighted by Crippen LogP contribution is 2.03. The standard InChI is InChI=1S/C10H9NOS/c1-8-2-4-9(5-3-8)10(12)6-11-7-13/h2-5H,6H2,1H3. The lowest BCUT2D eigenvalue weighted by Gasteiger charge is -1.96. The molecule has 66 valence electrons. The number of rotatable bonds is 3. The Morgan fingerprint density at radius 1 is 1.46 bits per heavy atom. The molecule has 0 heterocycles. The highest BCUT2D eigenvalue weighted by molar-refractivity contribution is 7.78. The molecule has 0 aromatic heterocycles. The summed E-state index contributed by atoms with van der Waals surface area (Å²) in [4.78, 5) is 14.9. The van der Waals surface area contributed by atoms with Gasteiger partial charge in [0.05, 0.1) is 5.16 Å². The van der Waals surface area contributed by atoms with Gasteiger partial charge in [0.15, 0.2) is 5.78 Å². The Morgan fingerprint density at radius 2 is 2.08 bits per heavy atom. The maximum atomic E-state index is 11.3. The number of ketones is 1. The first kappa shape index (κ1) is 9.78. The number of thiocarbonyl (C=S) groups is 1. The summed E-state index contributed by atoms with van der Waals surface area (Å²) >= 11 is 4.37. The van der Waals surface area contributed by atoms with E-state index in [4.69, 9.17) is 0 Å². The van der Waals surface area contributed by atoms with Gasteiger partial charge in [-0.15, -0.1) is 0 Å². The van der Waals surface area contributed by atoms with Crippen LogP contribution in [0.1, 0.15) is 15.9 Å². The minimum absolute atomic E-state index is 0.0302. The van der Waals surface area contributed by atoms with Crippen molar-refractivity contribution in [2.75, 3.05) is 6.54 Å². The number of carbonyl (C=O) groups is 1. The monoisotopic (exact) mass is 191 g/mol. The molecule has 0 aliphatic heterocycles. The summed E-state index contributed by atoms with van der Waals surface area (Å²) < 4.78 is 0. The van der Waals surface area contributed by atoms with E-state index in [9.17, 15) is 4.79 Å². The Labute approximate surface area is 82.3 Å². The zero-order valence-corrected chi connectivity index (χ0v) is 8.10. The number of hydrogen-bond donors (Lipinski definition) is 0. The fourth-order valence-corrected chi connectivity index (χ4v) is 0.999. The van der Waals surface area contributed by atoms with Crippen molar-refractivity contribution >= 4 is 23.2 Å². The van der Waals surface area contributed by atoms with E-state index in [0.29, 0.717) is 5.56 Å². The third kappa shape index (κ3) is 2.90. The van der Waals surface area contributed by atoms with Crippen LogP contribution in [0.5, 0.6) is 0 Å². The van der Waals surface area contributed by atoms with Crippen LogP contribution >= 0.6 is 12.2 Å². The minimum Gasteiger partial charge on any atom is -0.292 e. The van der Waals surface area contributed by atoms with E-state index < -0.39 is 0 Å². The van der Waals surface area contributed by atoms with Crippen molar-refractivity contribution in [3.63, 3.8) is 0 Å². The molecule has 0 N–H and O–H groups in total. The van der Waals surface area contributed by atoms with E-state index in [1.54, 1.807) is 12.1 Å². The first-order valence-corrected chi connectivity index (χ1v) is 4.28. The molecule has 0 aliphatic carbocycles. The molecule has 0 bridgehead atoms. The number of Topliss-reactive ketones (excluding diaryl/α,β-unsaturated/α-hetero) is 1. The zero-order chi connectivity index (χ0) is 9.68. The molecule has 0 spiro atoms. The Kier molecular flexibility index (Phi) is 3.50. The molecule has 0 saturated heterocycles. The molecule has 2 nitrogen and oxygen atoms in total. The summed E-state index contributed by atoms with van der Waals surface area (Å²) in [6.45, 7) is 2.07. The fourth-order valence-electron chi connectivity index (χ4n) is 0.935. The second kappa shape index (κ2) is 4.65. The lowest BCUT2D eigenvalue weighted by molar-refractivity contribution is 0.100. The smallest absolute Gasteiger partial charge is 0.185 e. The van der Waals surface area contributed by atoms with E-state index in [2.05, 4.69) is 22.4 Å². The van der Waals surface area contributed by atoms with Crippen molar-refractivity contribution in [2.24, 2.45) is 4.99 Å². The van der Waals surface area contributed by atoms with Crippen LogP contribution in [0.2, 0.25) is 0 Å². The summed E-state index contributed by atoms with van der Waals surface area (Å²) in [5.74, 6) is -0.0302. The first-order chi connectivity index (χ1) is 6.24. The molecule has 0 radical (unpaired) electrons. The van der Waals surface area contributed by atoms with E-state index in [-0.39, 0.29) is 12.3 Å². The molecule has 0 aliphatic rings. The Morgan fingerprint density at radius 3 is 2.62 bits per heavy atom. The van der Waals surface area contributed by atoms with Gasteiger partial charge in [0.2, 0.25) is 0 Å². The SMILES string of the molecule is Cc1ccc(C(=O)CN=C=S)cc1. The molecule has 0 unspecified atom stereocenters. The van der Waals surface area contributed by atoms with Gasteiger partial charge in [-0.25, -0.2) is 4.99 Å². The van der Waals surface area contributed by atoms with Gasteiger partial charge < -0.3 is 0 Å². The molecule has 1 aromatic carbocycles. The fraction of sp³-hybridized carbons (Fsp3) is 0.200. The van der Waals surface area contributed by atoms with Crippen LogP contribution < -0.4 is 0 Å². The third-order valence-corrected chi connectivity index (χ3v) is 1.79. The van der Waals surface area contributed by atoms with Crippen LogP contribution in [-0.4, -0.2) is 17.5 Å². The van der Waals surface area contributed by atoms with Gasteiger partial charge in [-0.3, -0.25) is 4.79 Å². The van der Waals surface area contributed by atoms with Gasteiger partial charge in [0.1, 0.15) is 6.54 Å². The summed E-state index contributed by atoms with van der Waals surface area (Å²) in [5, 5.41) is 2.17. The number of benzene rings is 1. The van der Waals surface area contributed by atoms with Crippen LogP contribution in [0.25, 0.3) is 0 Å². The molecule has 1 rings (SSSR count). The summed E-state index contributed by atoms with van der Waals surface area (Å²) in [6.07, 6.45) is 0. The lowest BCUT2D eigenvalue weighted by atomic mass is 10.1. The van der Waals surface area contributed by atoms with Crippen LogP contribution in [0, 0.1) is 6.92 Å². The summed E-state index contributed by atoms with van der Waals surface area (Å²) in [5.41, 5.74) is 1.80. The Bertz CT molecular complexity index is 350. The largest absolute Gasteiger partial charge is 0.292 e. The van der Waals surface area contributed by atoms with Crippen molar-refractivity contribution in [3.05, 3.63) is 35.4 Å². The molecular formula is C10H9NOS. The van der Waals surface area contributed by atoms with Crippen molar-refractivity contribution < 1.29 is 4.79 Å². The number of aryl methyl sites for hydroxylation is 1. The molecule has 0 amide bonds. The average molecular weight is 191 g/mol. The van der Waals surface area contributed by atoms with Crippen molar-refractivity contribution in [3.8, 4) is 0 Å². The molecule has 0 atom stereocenters. The van der Waals surface area contributed by atoms with Gasteiger partial charge >= 0.3 is 0 Å². The zero-order valence-electron chi connectivity index (χ0n) is 7.28. The first-order valence-electron chi connectivity index (χ1n) is 3.87. The van der Waals surface area contributed by atoms with Crippen molar-refractivity contribution in [1.29, 1.82) is 0 Å². The number of isothiocyanates is 1. The van der Waals surface area contributed by atoms with Gasteiger partial charge in [-0.1, -0.05) is 29.8 Å². The topological polar surface area (TPSA) is 29.4 Å². The predicted molar refractivity (Wildman–Crippen MR) is 55.4 cm³/mol. The highest BCUT2D eigenvalue weighted by Gasteiger charge is 2.02. The van der Waals surface area contributed by atoms with E-state index >= 15 is 0 Å². The van der Waals surface area contributed by atoms with Crippen LogP contribution in [0.4, 0.5) is 0 Å². The van der Waals surface area contributed by atoms with E-state index in [1.165, 1.54) is 0 Å². The van der Waals surface area contributed by atoms with Crippen molar-refractivity contribution in [1.82, 2.24) is 0 Å². The van der Waals surface area contributed by atoms with Gasteiger partial charge in [-0.05, 0) is 19.1 Å².